The molecule has 0 spiro atoms. The summed E-state index contributed by atoms with van der Waals surface area (Å²) in [5.74, 6) is -0.609. The van der Waals surface area contributed by atoms with Crippen molar-refractivity contribution < 1.29 is 19.1 Å². The summed E-state index contributed by atoms with van der Waals surface area (Å²) in [5, 5.41) is 8.06. The number of azo groups is 1. The zero-order valence-corrected chi connectivity index (χ0v) is 13.2. The molecule has 0 aliphatic carbocycles. The molecule has 1 heterocycles. The van der Waals surface area contributed by atoms with E-state index in [0.29, 0.717) is 29.4 Å². The fourth-order valence-corrected chi connectivity index (χ4v) is 1.73. The van der Waals surface area contributed by atoms with E-state index in [1.54, 1.807) is 31.2 Å². The Morgan fingerprint density at radius 2 is 2.17 bits per heavy atom. The van der Waals surface area contributed by atoms with Crippen LogP contribution in [0.5, 0.6) is 0 Å². The lowest BCUT2D eigenvalue weighted by Gasteiger charge is -2.01. The number of nitrogens with one attached hydrogen (secondary N) is 1. The molecule has 0 aliphatic heterocycles. The third-order valence-corrected chi connectivity index (χ3v) is 2.85. The number of benzene rings is 1. The molecule has 0 amide bonds. The molecule has 0 aliphatic rings. The maximum atomic E-state index is 11.7. The van der Waals surface area contributed by atoms with Crippen molar-refractivity contribution >= 4 is 29.5 Å². The van der Waals surface area contributed by atoms with Crippen molar-refractivity contribution in [3.8, 4) is 0 Å². The van der Waals surface area contributed by atoms with Crippen LogP contribution in [0.1, 0.15) is 23.0 Å². The monoisotopic (exact) mass is 328 g/mol. The highest BCUT2D eigenvalue weighted by atomic mass is 16.5. The summed E-state index contributed by atoms with van der Waals surface area (Å²) in [4.78, 5) is 29.7. The van der Waals surface area contributed by atoms with Crippen molar-refractivity contribution in [1.82, 2.24) is 9.97 Å². The average molecular weight is 328 g/mol. The number of H-pyrrole nitrogens is 1. The summed E-state index contributed by atoms with van der Waals surface area (Å²) in [6.07, 6.45) is 4.16. The normalized spacial score (nSPS) is 11.1. The van der Waals surface area contributed by atoms with E-state index in [4.69, 9.17) is 4.74 Å². The lowest BCUT2D eigenvalue weighted by molar-refractivity contribution is -0.134. The van der Waals surface area contributed by atoms with E-state index in [-0.39, 0.29) is 0 Å². The highest BCUT2D eigenvalue weighted by molar-refractivity contribution is 5.90. The van der Waals surface area contributed by atoms with Crippen LogP contribution in [0.3, 0.4) is 0 Å². The Balaban J connectivity index is 2.16. The number of rotatable bonds is 6. The van der Waals surface area contributed by atoms with Crippen LogP contribution in [0.2, 0.25) is 0 Å². The van der Waals surface area contributed by atoms with E-state index in [2.05, 4.69) is 24.9 Å². The molecule has 0 saturated heterocycles. The summed E-state index contributed by atoms with van der Waals surface area (Å²) >= 11 is 0. The first kappa shape index (κ1) is 17.1. The highest BCUT2D eigenvalue weighted by Crippen LogP contribution is 2.21. The van der Waals surface area contributed by atoms with Gasteiger partial charge in [-0.05, 0) is 31.2 Å². The van der Waals surface area contributed by atoms with Gasteiger partial charge in [-0.15, -0.1) is 10.2 Å². The Bertz CT molecular complexity index is 780. The van der Waals surface area contributed by atoms with E-state index >= 15 is 0 Å². The molecule has 0 saturated carbocycles. The van der Waals surface area contributed by atoms with Gasteiger partial charge in [0, 0.05) is 6.08 Å². The summed E-state index contributed by atoms with van der Waals surface area (Å²) in [5.41, 5.74) is 1.37. The van der Waals surface area contributed by atoms with Gasteiger partial charge in [-0.3, -0.25) is 0 Å². The van der Waals surface area contributed by atoms with Gasteiger partial charge in [0.15, 0.2) is 5.82 Å². The molecule has 1 aromatic heterocycles. The molecule has 8 heteroatoms. The molecular formula is C16H16N4O4. The van der Waals surface area contributed by atoms with Crippen LogP contribution in [0.15, 0.2) is 46.9 Å². The molecule has 0 radical (unpaired) electrons. The smallest absolute Gasteiger partial charge is 0.338 e. The Morgan fingerprint density at radius 3 is 2.92 bits per heavy atom. The van der Waals surface area contributed by atoms with Crippen molar-refractivity contribution in [2.75, 3.05) is 13.7 Å². The van der Waals surface area contributed by atoms with Crippen molar-refractivity contribution in [2.45, 2.75) is 6.92 Å². The van der Waals surface area contributed by atoms with Gasteiger partial charge in [-0.25, -0.2) is 14.6 Å². The summed E-state index contributed by atoms with van der Waals surface area (Å²) in [6.45, 7) is 2.04. The number of ether oxygens (including phenoxy) is 2. The number of aromatic nitrogens is 2. The number of carbonyl (C=O) groups excluding carboxylic acids is 2. The Labute approximate surface area is 138 Å². The first-order valence-electron chi connectivity index (χ1n) is 7.12. The molecule has 24 heavy (non-hydrogen) atoms. The van der Waals surface area contributed by atoms with E-state index in [1.165, 1.54) is 25.6 Å². The standard InChI is InChI=1S/C16H16N4O4/c1-3-24-16(22)11-5-4-6-12(9-11)19-20-15-13(17-10-18-15)7-8-14(21)23-2/h4-10H,3H2,1-2H3,(H,17,18)/b8-7+,20-19?. The second-order valence-electron chi connectivity index (χ2n) is 4.47. The van der Waals surface area contributed by atoms with Gasteiger partial charge in [-0.2, -0.15) is 0 Å². The average Bonchev–Trinajstić information content (AvgIpc) is 3.05. The first-order valence-corrected chi connectivity index (χ1v) is 7.12. The Morgan fingerprint density at radius 1 is 1.33 bits per heavy atom. The zero-order valence-electron chi connectivity index (χ0n) is 13.2. The molecule has 0 bridgehead atoms. The second-order valence-corrected chi connectivity index (χ2v) is 4.47. The number of nitrogens with zero attached hydrogens (tertiary/aromatic N) is 3. The number of hydrogen-bond donors (Lipinski definition) is 1. The van der Waals surface area contributed by atoms with E-state index in [1.807, 2.05) is 0 Å². The maximum absolute atomic E-state index is 11.7. The van der Waals surface area contributed by atoms with Gasteiger partial charge in [0.1, 0.15) is 0 Å². The molecule has 0 atom stereocenters. The minimum atomic E-state index is -0.491. The Hall–Kier alpha value is -3.29. The summed E-state index contributed by atoms with van der Waals surface area (Å²) in [7, 11) is 1.29. The number of aromatic amines is 1. The van der Waals surface area contributed by atoms with Gasteiger partial charge < -0.3 is 14.5 Å². The van der Waals surface area contributed by atoms with Gasteiger partial charge in [-0.1, -0.05) is 6.07 Å². The number of hydrogen-bond acceptors (Lipinski definition) is 7. The van der Waals surface area contributed by atoms with Crippen LogP contribution in [0, 0.1) is 0 Å². The molecular weight excluding hydrogens is 312 g/mol. The van der Waals surface area contributed by atoms with E-state index in [0.717, 1.165) is 0 Å². The SMILES string of the molecule is CCOC(=O)c1cccc(N=Nc2nc[nH]c2/C=C/C(=O)OC)c1. The first-order chi connectivity index (χ1) is 11.6. The Kier molecular flexibility index (Phi) is 5.95. The summed E-state index contributed by atoms with van der Waals surface area (Å²) < 4.78 is 9.45. The van der Waals surface area contributed by atoms with Crippen molar-refractivity contribution in [1.29, 1.82) is 0 Å². The van der Waals surface area contributed by atoms with E-state index in [9.17, 15) is 9.59 Å². The molecule has 8 nitrogen and oxygen atoms in total. The van der Waals surface area contributed by atoms with Crippen LogP contribution < -0.4 is 0 Å². The van der Waals surface area contributed by atoms with Gasteiger partial charge in [0.25, 0.3) is 0 Å². The largest absolute Gasteiger partial charge is 0.466 e. The van der Waals surface area contributed by atoms with Crippen LogP contribution in [-0.4, -0.2) is 35.6 Å². The lowest BCUT2D eigenvalue weighted by Crippen LogP contribution is -2.03. The van der Waals surface area contributed by atoms with E-state index < -0.39 is 11.9 Å². The van der Waals surface area contributed by atoms with Gasteiger partial charge >= 0.3 is 11.9 Å². The van der Waals surface area contributed by atoms with Gasteiger partial charge in [0.05, 0.1) is 37.0 Å². The molecule has 124 valence electrons. The lowest BCUT2D eigenvalue weighted by atomic mass is 10.2. The van der Waals surface area contributed by atoms with Crippen LogP contribution in [0.25, 0.3) is 6.08 Å². The third-order valence-electron chi connectivity index (χ3n) is 2.85. The molecule has 2 rings (SSSR count). The zero-order chi connectivity index (χ0) is 17.4. The second kappa shape index (κ2) is 8.37. The van der Waals surface area contributed by atoms with Crippen molar-refractivity contribution in [2.24, 2.45) is 10.2 Å². The molecule has 1 aromatic carbocycles. The predicted octanol–water partition coefficient (Wildman–Crippen LogP) is 3.19. The summed E-state index contributed by atoms with van der Waals surface area (Å²) in [6, 6.07) is 6.58. The van der Waals surface area contributed by atoms with Crippen LogP contribution in [-0.2, 0) is 14.3 Å². The minimum absolute atomic E-state index is 0.299. The minimum Gasteiger partial charge on any atom is -0.466 e. The molecule has 1 N–H and O–H groups in total. The number of imidazole rings is 1. The topological polar surface area (TPSA) is 106 Å². The third kappa shape index (κ3) is 4.60. The number of esters is 2. The quantitative estimate of drug-likeness (QED) is 0.498. The molecule has 0 fully saturated rings. The number of carbonyl (C=O) groups is 2. The van der Waals surface area contributed by atoms with Crippen LogP contribution >= 0.6 is 0 Å². The fourth-order valence-electron chi connectivity index (χ4n) is 1.73. The van der Waals surface area contributed by atoms with Crippen molar-refractivity contribution in [3.05, 3.63) is 47.9 Å². The molecule has 0 unspecified atom stereocenters. The van der Waals surface area contributed by atoms with Gasteiger partial charge in [0.2, 0.25) is 0 Å². The highest BCUT2D eigenvalue weighted by Gasteiger charge is 2.07. The van der Waals surface area contributed by atoms with Crippen molar-refractivity contribution in [3.63, 3.8) is 0 Å². The fraction of sp³-hybridized carbons (Fsp3) is 0.188. The number of methoxy groups -OCH3 is 1. The molecule has 2 aromatic rings. The maximum Gasteiger partial charge on any atom is 0.338 e. The predicted molar refractivity (Wildman–Crippen MR) is 86.2 cm³/mol. The van der Waals surface area contributed by atoms with Crippen LogP contribution in [0.4, 0.5) is 11.5 Å².